The lowest BCUT2D eigenvalue weighted by Crippen LogP contribution is -2.21. The summed E-state index contributed by atoms with van der Waals surface area (Å²) in [5, 5.41) is 17.6. The van der Waals surface area contributed by atoms with Gasteiger partial charge in [-0.2, -0.15) is 0 Å². The van der Waals surface area contributed by atoms with E-state index >= 15 is 0 Å². The fourth-order valence-electron chi connectivity index (χ4n) is 3.25. The van der Waals surface area contributed by atoms with Crippen LogP contribution in [0.4, 0.5) is 0 Å². The molecule has 0 spiro atoms. The van der Waals surface area contributed by atoms with Crippen LogP contribution in [0.2, 0.25) is 0 Å². The Hall–Kier alpha value is -1.73. The number of ether oxygens (including phenoxy) is 2. The van der Waals surface area contributed by atoms with Gasteiger partial charge in [0, 0.05) is 18.6 Å². The smallest absolute Gasteiger partial charge is 0.338 e. The summed E-state index contributed by atoms with van der Waals surface area (Å²) >= 11 is 0. The second-order valence-electron chi connectivity index (χ2n) is 8.29. The van der Waals surface area contributed by atoms with Crippen LogP contribution >= 0.6 is 0 Å². The zero-order chi connectivity index (χ0) is 23.9. The zero-order valence-corrected chi connectivity index (χ0v) is 19.9. The van der Waals surface area contributed by atoms with Crippen LogP contribution in [0.3, 0.4) is 0 Å². The van der Waals surface area contributed by atoms with Crippen molar-refractivity contribution in [1.29, 1.82) is 0 Å². The van der Waals surface area contributed by atoms with Crippen molar-refractivity contribution in [3.05, 3.63) is 12.2 Å². The molecule has 0 aromatic heterocycles. The highest BCUT2D eigenvalue weighted by molar-refractivity contribution is 5.96. The second-order valence-corrected chi connectivity index (χ2v) is 8.29. The number of esters is 3. The Morgan fingerprint density at radius 2 is 1.16 bits per heavy atom. The molecule has 2 N–H and O–H groups in total. The summed E-state index contributed by atoms with van der Waals surface area (Å²) in [4.78, 5) is 34.4. The molecular formula is C25H44O7. The van der Waals surface area contributed by atoms with Crippen LogP contribution in [0.1, 0.15) is 110 Å². The number of carbonyl (C=O) groups excluding carboxylic acids is 3. The van der Waals surface area contributed by atoms with E-state index < -0.39 is 30.6 Å². The van der Waals surface area contributed by atoms with Gasteiger partial charge >= 0.3 is 17.9 Å². The molecule has 0 aliphatic rings. The van der Waals surface area contributed by atoms with Crippen molar-refractivity contribution in [2.45, 2.75) is 116 Å². The summed E-state index contributed by atoms with van der Waals surface area (Å²) in [5.74, 6) is -2.42. The second kappa shape index (κ2) is 22.5. The van der Waals surface area contributed by atoms with Gasteiger partial charge in [0.2, 0.25) is 0 Å². The third kappa shape index (κ3) is 21.5. The van der Waals surface area contributed by atoms with E-state index in [4.69, 9.17) is 10.2 Å². The molecule has 0 radical (unpaired) electrons. The number of unbranched alkanes of at least 4 members (excludes halogenated alkanes) is 14. The third-order valence-corrected chi connectivity index (χ3v) is 5.18. The molecule has 0 aliphatic carbocycles. The highest BCUT2D eigenvalue weighted by Crippen LogP contribution is 2.13. The van der Waals surface area contributed by atoms with Crippen molar-refractivity contribution >= 4 is 17.9 Å². The molecule has 0 heterocycles. The van der Waals surface area contributed by atoms with Gasteiger partial charge in [0.1, 0.15) is 12.7 Å². The Morgan fingerprint density at radius 1 is 0.719 bits per heavy atom. The molecule has 0 fully saturated rings. The zero-order valence-electron chi connectivity index (χ0n) is 19.9. The van der Waals surface area contributed by atoms with Crippen molar-refractivity contribution in [3.8, 4) is 0 Å². The topological polar surface area (TPSA) is 110 Å². The number of hydrogen-bond acceptors (Lipinski definition) is 7. The minimum Gasteiger partial charge on any atom is -0.460 e. The number of hydrogen-bond donors (Lipinski definition) is 2. The van der Waals surface area contributed by atoms with E-state index in [1.165, 1.54) is 77.0 Å². The van der Waals surface area contributed by atoms with Crippen LogP contribution in [0, 0.1) is 0 Å². The lowest BCUT2D eigenvalue weighted by atomic mass is 10.0. The van der Waals surface area contributed by atoms with Crippen LogP contribution < -0.4 is 0 Å². The largest absolute Gasteiger partial charge is 0.460 e. The van der Waals surface area contributed by atoms with E-state index in [9.17, 15) is 14.4 Å². The van der Waals surface area contributed by atoms with E-state index in [0.717, 1.165) is 25.0 Å². The Morgan fingerprint density at radius 3 is 1.62 bits per heavy atom. The number of carbonyl (C=O) groups is 3. The molecule has 1 atom stereocenters. The molecule has 0 amide bonds. The van der Waals surface area contributed by atoms with Crippen LogP contribution in [0.15, 0.2) is 12.2 Å². The van der Waals surface area contributed by atoms with Gasteiger partial charge in [-0.05, 0) is 6.42 Å². The first-order valence-corrected chi connectivity index (χ1v) is 12.4. The first-order valence-electron chi connectivity index (χ1n) is 12.4. The SMILES string of the molecule is CCCCCCCCCCCCCCCCCC(=O)OC(=O)/C=C\C(=O)OCC(O)CO. The highest BCUT2D eigenvalue weighted by atomic mass is 16.6. The van der Waals surface area contributed by atoms with Crippen molar-refractivity contribution in [3.63, 3.8) is 0 Å². The average Bonchev–Trinajstić information content (AvgIpc) is 2.78. The summed E-state index contributed by atoms with van der Waals surface area (Å²) < 4.78 is 9.19. The molecule has 0 aliphatic heterocycles. The van der Waals surface area contributed by atoms with Gasteiger partial charge in [-0.25, -0.2) is 9.59 Å². The summed E-state index contributed by atoms with van der Waals surface area (Å²) in [6, 6.07) is 0. The molecule has 7 heteroatoms. The van der Waals surface area contributed by atoms with E-state index in [0.29, 0.717) is 6.42 Å². The third-order valence-electron chi connectivity index (χ3n) is 5.18. The van der Waals surface area contributed by atoms with Gasteiger partial charge in [0.15, 0.2) is 0 Å². The first kappa shape index (κ1) is 30.3. The van der Waals surface area contributed by atoms with E-state index in [1.54, 1.807) is 0 Å². The monoisotopic (exact) mass is 456 g/mol. The molecule has 32 heavy (non-hydrogen) atoms. The van der Waals surface area contributed by atoms with Gasteiger partial charge in [-0.3, -0.25) is 4.79 Å². The molecule has 0 aromatic rings. The summed E-state index contributed by atoms with van der Waals surface area (Å²) in [5.41, 5.74) is 0. The molecule has 0 saturated carbocycles. The molecule has 0 rings (SSSR count). The molecule has 0 bridgehead atoms. The van der Waals surface area contributed by atoms with Crippen LogP contribution in [-0.4, -0.2) is 47.4 Å². The number of rotatable bonds is 21. The minimum atomic E-state index is -1.17. The standard InChI is InChI=1S/C25H44O7/c1-2-3-4-5-6-7-8-9-10-11-12-13-14-15-16-17-24(29)32-25(30)19-18-23(28)31-21-22(27)20-26/h18-19,22,26-27H,2-17,20-21H2,1H3/b19-18-. The Kier molecular flexibility index (Phi) is 21.2. The van der Waals surface area contributed by atoms with Crippen LogP contribution in [-0.2, 0) is 23.9 Å². The maximum atomic E-state index is 11.6. The first-order chi connectivity index (χ1) is 15.5. The Bertz CT molecular complexity index is 516. The normalized spacial score (nSPS) is 12.1. The lowest BCUT2D eigenvalue weighted by Gasteiger charge is -2.06. The maximum absolute atomic E-state index is 11.6. The molecule has 1 unspecified atom stereocenters. The minimum absolute atomic E-state index is 0.172. The van der Waals surface area contributed by atoms with Crippen LogP contribution in [0.5, 0.6) is 0 Å². The molecule has 0 aromatic carbocycles. The highest BCUT2D eigenvalue weighted by Gasteiger charge is 2.09. The van der Waals surface area contributed by atoms with Gasteiger partial charge in [0.05, 0.1) is 6.61 Å². The molecular weight excluding hydrogens is 412 g/mol. The summed E-state index contributed by atoms with van der Waals surface area (Å²) in [7, 11) is 0. The lowest BCUT2D eigenvalue weighted by molar-refractivity contribution is -0.156. The van der Waals surface area contributed by atoms with E-state index in [1.807, 2.05) is 0 Å². The van der Waals surface area contributed by atoms with Crippen LogP contribution in [0.25, 0.3) is 0 Å². The molecule has 7 nitrogen and oxygen atoms in total. The Labute approximate surface area is 193 Å². The van der Waals surface area contributed by atoms with Crippen molar-refractivity contribution in [2.75, 3.05) is 13.2 Å². The molecule has 0 saturated heterocycles. The summed E-state index contributed by atoms with van der Waals surface area (Å²) in [6.07, 6.45) is 19.2. The fraction of sp³-hybridized carbons (Fsp3) is 0.800. The number of aliphatic hydroxyl groups excluding tert-OH is 2. The van der Waals surface area contributed by atoms with Gasteiger partial charge in [0.25, 0.3) is 0 Å². The maximum Gasteiger partial charge on any atom is 0.338 e. The van der Waals surface area contributed by atoms with Crippen molar-refractivity contribution in [2.24, 2.45) is 0 Å². The van der Waals surface area contributed by atoms with E-state index in [-0.39, 0.29) is 13.0 Å². The Balaban J connectivity index is 3.49. The predicted molar refractivity (Wildman–Crippen MR) is 124 cm³/mol. The van der Waals surface area contributed by atoms with Crippen molar-refractivity contribution in [1.82, 2.24) is 0 Å². The average molecular weight is 457 g/mol. The van der Waals surface area contributed by atoms with Gasteiger partial charge < -0.3 is 19.7 Å². The van der Waals surface area contributed by atoms with E-state index in [2.05, 4.69) is 16.4 Å². The summed E-state index contributed by atoms with van der Waals surface area (Å²) in [6.45, 7) is 1.33. The predicted octanol–water partition coefficient (Wildman–Crippen LogP) is 4.77. The van der Waals surface area contributed by atoms with Crippen molar-refractivity contribution < 1.29 is 34.1 Å². The quantitative estimate of drug-likeness (QED) is 0.111. The number of aliphatic hydroxyl groups is 2. The fourth-order valence-corrected chi connectivity index (χ4v) is 3.25. The van der Waals surface area contributed by atoms with Gasteiger partial charge in [-0.1, -0.05) is 96.8 Å². The molecule has 186 valence electrons. The van der Waals surface area contributed by atoms with Gasteiger partial charge in [-0.15, -0.1) is 0 Å².